The van der Waals surface area contributed by atoms with Crippen LogP contribution >= 0.6 is 0 Å². The van der Waals surface area contributed by atoms with E-state index in [4.69, 9.17) is 9.47 Å². The van der Waals surface area contributed by atoms with Gasteiger partial charge in [-0.05, 0) is 37.1 Å². The Bertz CT molecular complexity index is 760. The van der Waals surface area contributed by atoms with E-state index in [1.54, 1.807) is 42.5 Å². The van der Waals surface area contributed by atoms with Crippen LogP contribution in [0.1, 0.15) is 33.6 Å². The fraction of sp³-hybridized carbons (Fsp3) is 0.263. The number of ether oxygens (including phenoxy) is 2. The van der Waals surface area contributed by atoms with Crippen LogP contribution in [0.25, 0.3) is 0 Å². The molecule has 2 aromatic rings. The molecule has 1 atom stereocenters. The van der Waals surface area contributed by atoms with Crippen molar-refractivity contribution in [2.45, 2.75) is 18.9 Å². The average Bonchev–Trinajstić information content (AvgIpc) is 3.21. The standard InChI is InChI=1S/C19H17NO4/c21-18-16-8-1-2-9-17(16)19(22)20(18)13-5-3-6-14(11-13)24-12-15-7-4-10-23-15/h1-3,5-6,8-9,11,15H,4,7,10,12H2/t15-/m0/s1. The van der Waals surface area contributed by atoms with Gasteiger partial charge in [-0.2, -0.15) is 0 Å². The Morgan fingerprint density at radius 2 is 1.79 bits per heavy atom. The molecule has 0 spiro atoms. The third kappa shape index (κ3) is 2.57. The number of fused-ring (bicyclic) bond motifs is 1. The summed E-state index contributed by atoms with van der Waals surface area (Å²) in [6.07, 6.45) is 2.18. The Kier molecular flexibility index (Phi) is 3.78. The van der Waals surface area contributed by atoms with Gasteiger partial charge in [-0.1, -0.05) is 18.2 Å². The third-order valence-corrected chi connectivity index (χ3v) is 4.33. The lowest BCUT2D eigenvalue weighted by Crippen LogP contribution is -2.29. The molecule has 1 fully saturated rings. The van der Waals surface area contributed by atoms with Crippen LogP contribution in [0, 0.1) is 0 Å². The zero-order valence-corrected chi connectivity index (χ0v) is 13.1. The quantitative estimate of drug-likeness (QED) is 0.812. The Hall–Kier alpha value is -2.66. The number of benzene rings is 2. The van der Waals surface area contributed by atoms with Crippen molar-refractivity contribution in [1.29, 1.82) is 0 Å². The van der Waals surface area contributed by atoms with Gasteiger partial charge in [-0.25, -0.2) is 4.90 Å². The fourth-order valence-electron chi connectivity index (χ4n) is 3.10. The van der Waals surface area contributed by atoms with E-state index in [-0.39, 0.29) is 17.9 Å². The summed E-state index contributed by atoms with van der Waals surface area (Å²) in [5, 5.41) is 0. The molecule has 0 unspecified atom stereocenters. The summed E-state index contributed by atoms with van der Waals surface area (Å²) in [5.74, 6) is 0.0262. The van der Waals surface area contributed by atoms with E-state index in [1.807, 2.05) is 6.07 Å². The van der Waals surface area contributed by atoms with Crippen molar-refractivity contribution in [1.82, 2.24) is 0 Å². The Balaban J connectivity index is 1.55. The fourth-order valence-corrected chi connectivity index (χ4v) is 3.10. The minimum Gasteiger partial charge on any atom is -0.491 e. The first-order valence-corrected chi connectivity index (χ1v) is 8.06. The monoisotopic (exact) mass is 323 g/mol. The number of carbonyl (C=O) groups excluding carboxylic acids is 2. The number of imide groups is 1. The van der Waals surface area contributed by atoms with Crippen LogP contribution in [0.15, 0.2) is 48.5 Å². The second-order valence-electron chi connectivity index (χ2n) is 5.93. The third-order valence-electron chi connectivity index (χ3n) is 4.33. The first kappa shape index (κ1) is 14.9. The molecule has 122 valence electrons. The van der Waals surface area contributed by atoms with Crippen LogP contribution in [-0.2, 0) is 4.74 Å². The average molecular weight is 323 g/mol. The van der Waals surface area contributed by atoms with E-state index in [0.717, 1.165) is 19.4 Å². The van der Waals surface area contributed by atoms with Crippen LogP contribution < -0.4 is 9.64 Å². The summed E-state index contributed by atoms with van der Waals surface area (Å²) in [5.41, 5.74) is 1.40. The maximum Gasteiger partial charge on any atom is 0.266 e. The maximum atomic E-state index is 12.5. The van der Waals surface area contributed by atoms with Crippen molar-refractivity contribution < 1.29 is 19.1 Å². The molecule has 0 bridgehead atoms. The summed E-state index contributed by atoms with van der Waals surface area (Å²) in [6, 6.07) is 13.9. The predicted molar refractivity (Wildman–Crippen MR) is 88.5 cm³/mol. The van der Waals surface area contributed by atoms with E-state index < -0.39 is 0 Å². The highest BCUT2D eigenvalue weighted by molar-refractivity contribution is 6.34. The van der Waals surface area contributed by atoms with E-state index in [2.05, 4.69) is 0 Å². The molecule has 0 N–H and O–H groups in total. The van der Waals surface area contributed by atoms with E-state index >= 15 is 0 Å². The first-order chi connectivity index (χ1) is 11.7. The highest BCUT2D eigenvalue weighted by Crippen LogP contribution is 2.30. The largest absolute Gasteiger partial charge is 0.491 e. The van der Waals surface area contributed by atoms with Gasteiger partial charge in [0.05, 0.1) is 22.9 Å². The Morgan fingerprint density at radius 1 is 1.04 bits per heavy atom. The van der Waals surface area contributed by atoms with E-state index in [1.165, 1.54) is 4.90 Å². The lowest BCUT2D eigenvalue weighted by molar-refractivity contribution is 0.0679. The lowest BCUT2D eigenvalue weighted by Gasteiger charge is -2.16. The second-order valence-corrected chi connectivity index (χ2v) is 5.93. The van der Waals surface area contributed by atoms with Crippen LogP contribution in [-0.4, -0.2) is 31.1 Å². The molecule has 5 heteroatoms. The topological polar surface area (TPSA) is 55.8 Å². The summed E-state index contributed by atoms with van der Waals surface area (Å²) in [4.78, 5) is 26.3. The minimum absolute atomic E-state index is 0.118. The van der Waals surface area contributed by atoms with Gasteiger partial charge in [-0.15, -0.1) is 0 Å². The number of rotatable bonds is 4. The van der Waals surface area contributed by atoms with Crippen molar-refractivity contribution >= 4 is 17.5 Å². The summed E-state index contributed by atoms with van der Waals surface area (Å²) in [7, 11) is 0. The molecule has 1 saturated heterocycles. The number of hydrogen-bond acceptors (Lipinski definition) is 4. The van der Waals surface area contributed by atoms with Crippen molar-refractivity contribution in [2.24, 2.45) is 0 Å². The van der Waals surface area contributed by atoms with Gasteiger partial charge in [0.15, 0.2) is 0 Å². The lowest BCUT2D eigenvalue weighted by atomic mass is 10.1. The molecule has 2 aliphatic heterocycles. The number of carbonyl (C=O) groups is 2. The van der Waals surface area contributed by atoms with Crippen LogP contribution in [0.4, 0.5) is 5.69 Å². The molecule has 0 aliphatic carbocycles. The molecule has 2 amide bonds. The molecular weight excluding hydrogens is 306 g/mol. The molecule has 5 nitrogen and oxygen atoms in total. The van der Waals surface area contributed by atoms with Gasteiger partial charge in [0.2, 0.25) is 0 Å². The van der Waals surface area contributed by atoms with E-state index in [9.17, 15) is 9.59 Å². The second kappa shape index (κ2) is 6.09. The van der Waals surface area contributed by atoms with Crippen molar-refractivity contribution in [3.63, 3.8) is 0 Å². The van der Waals surface area contributed by atoms with Crippen molar-refractivity contribution in [2.75, 3.05) is 18.1 Å². The van der Waals surface area contributed by atoms with Gasteiger partial charge in [0.1, 0.15) is 12.4 Å². The van der Waals surface area contributed by atoms with Gasteiger partial charge in [0.25, 0.3) is 11.8 Å². The normalized spacial score (nSPS) is 19.7. The zero-order chi connectivity index (χ0) is 16.5. The first-order valence-electron chi connectivity index (χ1n) is 8.06. The Morgan fingerprint density at radius 3 is 2.46 bits per heavy atom. The molecule has 0 radical (unpaired) electrons. The number of amides is 2. The number of hydrogen-bond donors (Lipinski definition) is 0. The maximum absolute atomic E-state index is 12.5. The summed E-state index contributed by atoms with van der Waals surface area (Å²) < 4.78 is 11.3. The van der Waals surface area contributed by atoms with Crippen LogP contribution in [0.5, 0.6) is 5.75 Å². The molecular formula is C19H17NO4. The summed E-state index contributed by atoms with van der Waals surface area (Å²) in [6.45, 7) is 1.26. The van der Waals surface area contributed by atoms with Crippen LogP contribution in [0.3, 0.4) is 0 Å². The highest BCUT2D eigenvalue weighted by atomic mass is 16.5. The van der Waals surface area contributed by atoms with Gasteiger partial charge in [0, 0.05) is 12.7 Å². The molecule has 4 rings (SSSR count). The molecule has 0 aromatic heterocycles. The highest BCUT2D eigenvalue weighted by Gasteiger charge is 2.36. The van der Waals surface area contributed by atoms with Gasteiger partial charge >= 0.3 is 0 Å². The van der Waals surface area contributed by atoms with Crippen molar-refractivity contribution in [3.8, 4) is 5.75 Å². The Labute approximate surface area is 139 Å². The van der Waals surface area contributed by atoms with Gasteiger partial charge < -0.3 is 9.47 Å². The molecule has 2 aromatic carbocycles. The minimum atomic E-state index is -0.299. The number of anilines is 1. The molecule has 0 saturated carbocycles. The molecule has 24 heavy (non-hydrogen) atoms. The van der Waals surface area contributed by atoms with Crippen LogP contribution in [0.2, 0.25) is 0 Å². The number of nitrogens with zero attached hydrogens (tertiary/aromatic N) is 1. The molecule has 2 aliphatic rings. The predicted octanol–water partition coefficient (Wildman–Crippen LogP) is 3.05. The zero-order valence-electron chi connectivity index (χ0n) is 13.1. The van der Waals surface area contributed by atoms with Gasteiger partial charge in [-0.3, -0.25) is 9.59 Å². The molecule has 2 heterocycles. The summed E-state index contributed by atoms with van der Waals surface area (Å²) >= 11 is 0. The van der Waals surface area contributed by atoms with E-state index in [0.29, 0.717) is 29.2 Å². The smallest absolute Gasteiger partial charge is 0.266 e. The SMILES string of the molecule is O=C1c2ccccc2C(=O)N1c1cccc(OC[C@@H]2CCCO2)c1. The van der Waals surface area contributed by atoms with Crippen molar-refractivity contribution in [3.05, 3.63) is 59.7 Å².